The van der Waals surface area contributed by atoms with Gasteiger partial charge in [-0.1, -0.05) is 47.6 Å². The zero-order chi connectivity index (χ0) is 23.5. The number of oxime groups is 1. The second kappa shape index (κ2) is 11.7. The Morgan fingerprint density at radius 3 is 2.18 bits per heavy atom. The molecule has 7 heteroatoms. The first-order valence-corrected chi connectivity index (χ1v) is 10.0. The van der Waals surface area contributed by atoms with Crippen molar-refractivity contribution in [3.05, 3.63) is 102 Å². The van der Waals surface area contributed by atoms with Crippen LogP contribution in [0.3, 0.4) is 0 Å². The van der Waals surface area contributed by atoms with Crippen molar-refractivity contribution in [3.63, 3.8) is 0 Å². The maximum atomic E-state index is 10.8. The zero-order valence-corrected chi connectivity index (χ0v) is 18.0. The maximum absolute atomic E-state index is 10.8. The first-order valence-electron chi connectivity index (χ1n) is 10.0. The van der Waals surface area contributed by atoms with Crippen molar-refractivity contribution < 1.29 is 24.2 Å². The van der Waals surface area contributed by atoms with Crippen LogP contribution in [0, 0.1) is 11.3 Å². The second-order valence-corrected chi connectivity index (χ2v) is 6.84. The van der Waals surface area contributed by atoms with E-state index in [9.17, 15) is 4.79 Å². The van der Waals surface area contributed by atoms with Gasteiger partial charge in [0.2, 0.25) is 0 Å². The number of rotatable bonds is 10. The molecule has 0 fully saturated rings. The molecule has 0 spiro atoms. The van der Waals surface area contributed by atoms with Gasteiger partial charge in [0.15, 0.2) is 0 Å². The Kier molecular flexibility index (Phi) is 8.21. The lowest BCUT2D eigenvalue weighted by Crippen LogP contribution is -2.13. The quantitative estimate of drug-likeness (QED) is 0.212. The highest BCUT2D eigenvalue weighted by Crippen LogP contribution is 2.20. The van der Waals surface area contributed by atoms with Crippen molar-refractivity contribution >= 4 is 17.3 Å². The Balaban J connectivity index is 1.55. The standard InChI is InChI=1S/C26H22N2O5/c1-31-28-25(21-5-3-2-4-6-21)18-33-23-11-7-19(8-12-23)17-32-24-13-9-20(10-14-24)22(16-27)15-26(29)30/h2-15H,17-18H2,1H3,(H,29,30)/b22-15+,28-25+. The van der Waals surface area contributed by atoms with Crippen LogP contribution in [-0.2, 0) is 16.2 Å². The fourth-order valence-electron chi connectivity index (χ4n) is 2.94. The molecular weight excluding hydrogens is 420 g/mol. The number of carboxylic acid groups (broad SMARTS) is 1. The van der Waals surface area contributed by atoms with Crippen molar-refractivity contribution in [2.75, 3.05) is 13.7 Å². The number of nitriles is 1. The van der Waals surface area contributed by atoms with E-state index in [1.165, 1.54) is 7.11 Å². The summed E-state index contributed by atoms with van der Waals surface area (Å²) in [5.74, 6) is 0.133. The number of hydrogen-bond acceptors (Lipinski definition) is 6. The highest BCUT2D eigenvalue weighted by molar-refractivity contribution is 6.01. The lowest BCUT2D eigenvalue weighted by molar-refractivity contribution is -0.131. The molecule has 0 aromatic heterocycles. The molecule has 3 aromatic carbocycles. The van der Waals surface area contributed by atoms with E-state index in [0.717, 1.165) is 17.2 Å². The molecule has 0 aliphatic rings. The van der Waals surface area contributed by atoms with E-state index in [1.807, 2.05) is 60.7 Å². The van der Waals surface area contributed by atoms with Gasteiger partial charge in [0.25, 0.3) is 0 Å². The molecule has 0 aliphatic carbocycles. The van der Waals surface area contributed by atoms with Crippen molar-refractivity contribution in [2.24, 2.45) is 5.16 Å². The van der Waals surface area contributed by atoms with Crippen molar-refractivity contribution in [1.82, 2.24) is 0 Å². The van der Waals surface area contributed by atoms with Gasteiger partial charge in [-0.25, -0.2) is 4.79 Å². The summed E-state index contributed by atoms with van der Waals surface area (Å²) in [6, 6.07) is 25.8. The van der Waals surface area contributed by atoms with Gasteiger partial charge in [-0.05, 0) is 47.5 Å². The molecule has 1 N–H and O–H groups in total. The smallest absolute Gasteiger partial charge is 0.329 e. The van der Waals surface area contributed by atoms with Gasteiger partial charge >= 0.3 is 5.97 Å². The molecule has 0 unspecified atom stereocenters. The molecule has 0 heterocycles. The first kappa shape index (κ1) is 23.1. The van der Waals surface area contributed by atoms with Gasteiger partial charge in [0.1, 0.15) is 43.6 Å². The van der Waals surface area contributed by atoms with Crippen LogP contribution in [0.5, 0.6) is 11.5 Å². The summed E-state index contributed by atoms with van der Waals surface area (Å²) < 4.78 is 11.6. The van der Waals surface area contributed by atoms with E-state index in [2.05, 4.69) is 5.16 Å². The molecule has 0 saturated carbocycles. The van der Waals surface area contributed by atoms with E-state index in [4.69, 9.17) is 24.7 Å². The van der Waals surface area contributed by atoms with Crippen molar-refractivity contribution in [1.29, 1.82) is 5.26 Å². The highest BCUT2D eigenvalue weighted by atomic mass is 16.6. The summed E-state index contributed by atoms with van der Waals surface area (Å²) in [7, 11) is 1.50. The molecule has 0 saturated heterocycles. The molecule has 7 nitrogen and oxygen atoms in total. The van der Waals surface area contributed by atoms with Gasteiger partial charge in [-0.3, -0.25) is 0 Å². The summed E-state index contributed by atoms with van der Waals surface area (Å²) in [6.07, 6.45) is 0.878. The van der Waals surface area contributed by atoms with E-state index < -0.39 is 5.97 Å². The van der Waals surface area contributed by atoms with Gasteiger partial charge in [-0.2, -0.15) is 5.26 Å². The van der Waals surface area contributed by atoms with E-state index >= 15 is 0 Å². The minimum Gasteiger partial charge on any atom is -0.489 e. The van der Waals surface area contributed by atoms with Crippen LogP contribution < -0.4 is 9.47 Å². The lowest BCUT2D eigenvalue weighted by atomic mass is 10.1. The average Bonchev–Trinajstić information content (AvgIpc) is 2.85. The summed E-state index contributed by atoms with van der Waals surface area (Å²) in [6.45, 7) is 0.608. The zero-order valence-electron chi connectivity index (χ0n) is 18.0. The topological polar surface area (TPSA) is 101 Å². The molecule has 166 valence electrons. The summed E-state index contributed by atoms with van der Waals surface area (Å²) >= 11 is 0. The number of carbonyl (C=O) groups is 1. The third-order valence-corrected chi connectivity index (χ3v) is 4.57. The Morgan fingerprint density at radius 1 is 0.939 bits per heavy atom. The molecular formula is C26H22N2O5. The predicted octanol–water partition coefficient (Wildman–Crippen LogP) is 4.69. The Hall–Kier alpha value is -4.57. The number of aliphatic carboxylic acids is 1. The molecule has 3 aromatic rings. The average molecular weight is 442 g/mol. The van der Waals surface area contributed by atoms with E-state index in [0.29, 0.717) is 29.4 Å². The minimum atomic E-state index is -1.17. The van der Waals surface area contributed by atoms with Crippen LogP contribution in [-0.4, -0.2) is 30.5 Å². The third kappa shape index (κ3) is 6.97. The van der Waals surface area contributed by atoms with E-state index in [1.54, 1.807) is 24.3 Å². The SMILES string of the molecule is CO/N=C(\COc1ccc(COc2ccc(/C(C#N)=C/C(=O)O)cc2)cc1)c1ccccc1. The number of nitrogens with zero attached hydrogens (tertiary/aromatic N) is 2. The minimum absolute atomic E-state index is 0.0793. The molecule has 3 rings (SSSR count). The molecule has 0 radical (unpaired) electrons. The Bertz CT molecular complexity index is 1160. The van der Waals surface area contributed by atoms with Crippen LogP contribution in [0.25, 0.3) is 5.57 Å². The number of benzene rings is 3. The molecule has 0 atom stereocenters. The van der Waals surface area contributed by atoms with Crippen LogP contribution >= 0.6 is 0 Å². The van der Waals surface area contributed by atoms with Crippen molar-refractivity contribution in [3.8, 4) is 17.6 Å². The van der Waals surface area contributed by atoms with Gasteiger partial charge in [0.05, 0.1) is 5.57 Å². The second-order valence-electron chi connectivity index (χ2n) is 6.84. The maximum Gasteiger partial charge on any atom is 0.329 e. The third-order valence-electron chi connectivity index (χ3n) is 4.57. The Morgan fingerprint density at radius 2 is 1.58 bits per heavy atom. The van der Waals surface area contributed by atoms with Crippen molar-refractivity contribution in [2.45, 2.75) is 6.61 Å². The van der Waals surface area contributed by atoms with Crippen LogP contribution in [0.2, 0.25) is 0 Å². The van der Waals surface area contributed by atoms with Gasteiger partial charge in [0, 0.05) is 11.6 Å². The summed E-state index contributed by atoms with van der Waals surface area (Å²) in [5, 5.41) is 22.0. The number of ether oxygens (including phenoxy) is 2. The van der Waals surface area contributed by atoms with Crippen LogP contribution in [0.1, 0.15) is 16.7 Å². The fraction of sp³-hybridized carbons (Fsp3) is 0.115. The Labute approximate surface area is 191 Å². The highest BCUT2D eigenvalue weighted by Gasteiger charge is 2.07. The fourth-order valence-corrected chi connectivity index (χ4v) is 2.94. The van der Waals surface area contributed by atoms with Crippen LogP contribution in [0.15, 0.2) is 90.1 Å². The monoisotopic (exact) mass is 442 g/mol. The molecule has 33 heavy (non-hydrogen) atoms. The molecule has 0 amide bonds. The largest absolute Gasteiger partial charge is 0.489 e. The number of allylic oxidation sites excluding steroid dienone is 1. The van der Waals surface area contributed by atoms with E-state index in [-0.39, 0.29) is 12.2 Å². The predicted molar refractivity (Wildman–Crippen MR) is 124 cm³/mol. The summed E-state index contributed by atoms with van der Waals surface area (Å²) in [5.41, 5.74) is 3.16. The van der Waals surface area contributed by atoms with Gasteiger partial charge in [-0.15, -0.1) is 0 Å². The molecule has 0 aliphatic heterocycles. The summed E-state index contributed by atoms with van der Waals surface area (Å²) in [4.78, 5) is 15.7. The lowest BCUT2D eigenvalue weighted by Gasteiger charge is -2.10. The number of carboxylic acids is 1. The number of hydrogen-bond donors (Lipinski definition) is 1. The molecule has 0 bridgehead atoms. The van der Waals surface area contributed by atoms with Gasteiger partial charge < -0.3 is 19.4 Å². The van der Waals surface area contributed by atoms with Crippen LogP contribution in [0.4, 0.5) is 0 Å². The first-order chi connectivity index (χ1) is 16.1. The normalized spacial score (nSPS) is 11.4.